The molecule has 2 aliphatic rings. The quantitative estimate of drug-likeness (QED) is 0.887. The molecule has 1 aromatic carbocycles. The minimum Gasteiger partial charge on any atom is -0.388 e. The van der Waals surface area contributed by atoms with Crippen molar-refractivity contribution >= 4 is 5.91 Å². The van der Waals surface area contributed by atoms with E-state index in [4.69, 9.17) is 4.74 Å². The first-order valence-corrected chi connectivity index (χ1v) is 8.66. The van der Waals surface area contributed by atoms with Gasteiger partial charge < -0.3 is 14.7 Å². The molecule has 0 spiro atoms. The summed E-state index contributed by atoms with van der Waals surface area (Å²) in [6.07, 6.45) is 1.04. The molecule has 2 aliphatic heterocycles. The van der Waals surface area contributed by atoms with Crippen LogP contribution in [0.3, 0.4) is 0 Å². The molecular weight excluding hydrogens is 311 g/mol. The Morgan fingerprint density at radius 3 is 2.88 bits per heavy atom. The molecule has 1 aromatic rings. The summed E-state index contributed by atoms with van der Waals surface area (Å²) in [5, 5.41) is 10.2. The number of halogens is 1. The molecule has 24 heavy (non-hydrogen) atoms. The predicted octanol–water partition coefficient (Wildman–Crippen LogP) is 1.57. The zero-order chi connectivity index (χ0) is 16.9. The summed E-state index contributed by atoms with van der Waals surface area (Å²) in [6, 6.07) is 6.02. The SMILES string of the molecule is O=C(C[C@H](O)c1cccc(F)c1)N1CCC[C@H]1CN1CCOCC1. The van der Waals surface area contributed by atoms with Crippen molar-refractivity contribution in [3.63, 3.8) is 0 Å². The number of hydrogen-bond acceptors (Lipinski definition) is 4. The summed E-state index contributed by atoms with van der Waals surface area (Å²) >= 11 is 0. The van der Waals surface area contributed by atoms with Crippen molar-refractivity contribution in [2.45, 2.75) is 31.4 Å². The van der Waals surface area contributed by atoms with Crippen molar-refractivity contribution in [1.29, 1.82) is 0 Å². The second kappa shape index (κ2) is 8.05. The molecule has 5 nitrogen and oxygen atoms in total. The molecule has 132 valence electrons. The van der Waals surface area contributed by atoms with Gasteiger partial charge in [-0.3, -0.25) is 9.69 Å². The molecule has 3 rings (SSSR count). The highest BCUT2D eigenvalue weighted by atomic mass is 19.1. The van der Waals surface area contributed by atoms with Gasteiger partial charge >= 0.3 is 0 Å². The van der Waals surface area contributed by atoms with E-state index in [1.165, 1.54) is 12.1 Å². The molecule has 1 N–H and O–H groups in total. The van der Waals surface area contributed by atoms with Crippen LogP contribution in [0.2, 0.25) is 0 Å². The van der Waals surface area contributed by atoms with E-state index in [1.54, 1.807) is 12.1 Å². The second-order valence-electron chi connectivity index (χ2n) is 6.57. The zero-order valence-electron chi connectivity index (χ0n) is 13.9. The first kappa shape index (κ1) is 17.3. The Bertz CT molecular complexity index is 563. The summed E-state index contributed by atoms with van der Waals surface area (Å²) in [5.74, 6) is -0.451. The van der Waals surface area contributed by atoms with Gasteiger partial charge in [0.1, 0.15) is 5.82 Å². The molecule has 1 amide bonds. The maximum atomic E-state index is 13.3. The van der Waals surface area contributed by atoms with Gasteiger partial charge in [0, 0.05) is 32.2 Å². The molecular formula is C18H25FN2O3. The van der Waals surface area contributed by atoms with Crippen LogP contribution in [-0.4, -0.2) is 66.2 Å². The van der Waals surface area contributed by atoms with E-state index < -0.39 is 11.9 Å². The fourth-order valence-corrected chi connectivity index (χ4v) is 3.55. The van der Waals surface area contributed by atoms with Crippen molar-refractivity contribution in [2.75, 3.05) is 39.4 Å². The fourth-order valence-electron chi connectivity index (χ4n) is 3.55. The van der Waals surface area contributed by atoms with E-state index >= 15 is 0 Å². The van der Waals surface area contributed by atoms with Gasteiger partial charge in [0.2, 0.25) is 5.91 Å². The number of carbonyl (C=O) groups is 1. The molecule has 2 heterocycles. The number of rotatable bonds is 5. The summed E-state index contributed by atoms with van der Waals surface area (Å²) in [6.45, 7) is 4.92. The molecule has 0 aliphatic carbocycles. The van der Waals surface area contributed by atoms with E-state index in [2.05, 4.69) is 4.90 Å². The number of morpholine rings is 1. The Morgan fingerprint density at radius 1 is 1.33 bits per heavy atom. The smallest absolute Gasteiger partial charge is 0.225 e. The van der Waals surface area contributed by atoms with Crippen LogP contribution in [0.1, 0.15) is 30.9 Å². The second-order valence-corrected chi connectivity index (χ2v) is 6.57. The number of nitrogens with zero attached hydrogens (tertiary/aromatic N) is 2. The summed E-state index contributed by atoms with van der Waals surface area (Å²) in [5.41, 5.74) is 0.451. The van der Waals surface area contributed by atoms with Crippen LogP contribution in [0, 0.1) is 5.82 Å². The van der Waals surface area contributed by atoms with Gasteiger partial charge in [0.25, 0.3) is 0 Å². The van der Waals surface area contributed by atoms with E-state index in [0.29, 0.717) is 5.56 Å². The van der Waals surface area contributed by atoms with Crippen molar-refractivity contribution in [3.8, 4) is 0 Å². The maximum Gasteiger partial charge on any atom is 0.225 e. The number of carbonyl (C=O) groups excluding carboxylic acids is 1. The van der Waals surface area contributed by atoms with Gasteiger partial charge in [0.15, 0.2) is 0 Å². The van der Waals surface area contributed by atoms with Gasteiger partial charge in [-0.05, 0) is 30.5 Å². The highest BCUT2D eigenvalue weighted by molar-refractivity contribution is 5.77. The van der Waals surface area contributed by atoms with Crippen LogP contribution in [-0.2, 0) is 9.53 Å². The van der Waals surface area contributed by atoms with Crippen molar-refractivity contribution in [3.05, 3.63) is 35.6 Å². The lowest BCUT2D eigenvalue weighted by atomic mass is 10.1. The van der Waals surface area contributed by atoms with Gasteiger partial charge in [-0.2, -0.15) is 0 Å². The first-order valence-electron chi connectivity index (χ1n) is 8.66. The summed E-state index contributed by atoms with van der Waals surface area (Å²) < 4.78 is 18.6. The van der Waals surface area contributed by atoms with Crippen molar-refractivity contribution in [2.24, 2.45) is 0 Å². The third-order valence-corrected chi connectivity index (χ3v) is 4.87. The van der Waals surface area contributed by atoms with E-state index in [0.717, 1.165) is 52.2 Å². The zero-order valence-corrected chi connectivity index (χ0v) is 13.9. The highest BCUT2D eigenvalue weighted by Gasteiger charge is 2.31. The predicted molar refractivity (Wildman–Crippen MR) is 88.0 cm³/mol. The lowest BCUT2D eigenvalue weighted by molar-refractivity contribution is -0.134. The van der Waals surface area contributed by atoms with Gasteiger partial charge in [-0.25, -0.2) is 4.39 Å². The number of ether oxygens (including phenoxy) is 1. The monoisotopic (exact) mass is 336 g/mol. The molecule has 0 saturated carbocycles. The van der Waals surface area contributed by atoms with Crippen LogP contribution < -0.4 is 0 Å². The Balaban J connectivity index is 1.56. The van der Waals surface area contributed by atoms with Crippen LogP contribution in [0.4, 0.5) is 4.39 Å². The molecule has 2 atom stereocenters. The van der Waals surface area contributed by atoms with Crippen LogP contribution >= 0.6 is 0 Å². The molecule has 2 saturated heterocycles. The highest BCUT2D eigenvalue weighted by Crippen LogP contribution is 2.24. The number of amides is 1. The largest absolute Gasteiger partial charge is 0.388 e. The number of hydrogen-bond donors (Lipinski definition) is 1. The Kier molecular flexibility index (Phi) is 5.81. The number of aliphatic hydroxyl groups excluding tert-OH is 1. The molecule has 0 radical (unpaired) electrons. The average Bonchev–Trinajstić information content (AvgIpc) is 3.04. The average molecular weight is 336 g/mol. The fraction of sp³-hybridized carbons (Fsp3) is 0.611. The van der Waals surface area contributed by atoms with E-state index in [-0.39, 0.29) is 18.4 Å². The third kappa shape index (κ3) is 4.32. The lowest BCUT2D eigenvalue weighted by Crippen LogP contribution is -2.46. The molecule has 2 fully saturated rings. The standard InChI is InChI=1S/C18H25FN2O3/c19-15-4-1-3-14(11-15)17(22)12-18(23)21-6-2-5-16(21)13-20-7-9-24-10-8-20/h1,3-4,11,16-17,22H,2,5-10,12-13H2/t16-,17-/m0/s1. The van der Waals surface area contributed by atoms with Gasteiger partial charge in [0.05, 0.1) is 25.7 Å². The van der Waals surface area contributed by atoms with Crippen molar-refractivity contribution < 1.29 is 19.0 Å². The molecule has 0 bridgehead atoms. The van der Waals surface area contributed by atoms with E-state index in [1.807, 2.05) is 4.90 Å². The Labute approximate surface area is 142 Å². The van der Waals surface area contributed by atoms with Gasteiger partial charge in [-0.1, -0.05) is 12.1 Å². The van der Waals surface area contributed by atoms with Crippen LogP contribution in [0.25, 0.3) is 0 Å². The molecule has 6 heteroatoms. The van der Waals surface area contributed by atoms with Crippen LogP contribution in [0.15, 0.2) is 24.3 Å². The number of benzene rings is 1. The Hall–Kier alpha value is -1.50. The molecule has 0 unspecified atom stereocenters. The maximum absolute atomic E-state index is 13.3. The summed E-state index contributed by atoms with van der Waals surface area (Å²) in [4.78, 5) is 16.8. The third-order valence-electron chi connectivity index (χ3n) is 4.87. The lowest BCUT2D eigenvalue weighted by Gasteiger charge is -2.33. The number of aliphatic hydroxyl groups is 1. The topological polar surface area (TPSA) is 53.0 Å². The van der Waals surface area contributed by atoms with Crippen molar-refractivity contribution in [1.82, 2.24) is 9.80 Å². The first-order chi connectivity index (χ1) is 11.6. The van der Waals surface area contributed by atoms with Gasteiger partial charge in [-0.15, -0.1) is 0 Å². The summed E-state index contributed by atoms with van der Waals surface area (Å²) in [7, 11) is 0. The minimum absolute atomic E-state index is 0.00304. The number of likely N-dealkylation sites (tertiary alicyclic amines) is 1. The molecule has 0 aromatic heterocycles. The minimum atomic E-state index is -0.960. The van der Waals surface area contributed by atoms with E-state index in [9.17, 15) is 14.3 Å². The normalized spacial score (nSPS) is 23.4. The van der Waals surface area contributed by atoms with Crippen LogP contribution in [0.5, 0.6) is 0 Å². The Morgan fingerprint density at radius 2 is 2.12 bits per heavy atom.